The lowest BCUT2D eigenvalue weighted by Gasteiger charge is -2.33. The van der Waals surface area contributed by atoms with E-state index in [9.17, 15) is 18.7 Å². The van der Waals surface area contributed by atoms with Crippen molar-refractivity contribution >= 4 is 5.91 Å². The molecule has 2 aromatic rings. The number of hydrogen-bond acceptors (Lipinski definition) is 2. The van der Waals surface area contributed by atoms with Gasteiger partial charge in [0.15, 0.2) is 0 Å². The van der Waals surface area contributed by atoms with E-state index in [0.29, 0.717) is 42.1 Å². The summed E-state index contributed by atoms with van der Waals surface area (Å²) in [5, 5.41) is 9.62. The van der Waals surface area contributed by atoms with Gasteiger partial charge in [-0.1, -0.05) is 6.07 Å². The quantitative estimate of drug-likeness (QED) is 0.875. The fourth-order valence-corrected chi connectivity index (χ4v) is 3.54. The Morgan fingerprint density at radius 1 is 1.23 bits per heavy atom. The third-order valence-corrected chi connectivity index (χ3v) is 5.09. The molecule has 1 heterocycles. The second kappa shape index (κ2) is 7.85. The Morgan fingerprint density at radius 2 is 2.04 bits per heavy atom. The molecule has 1 aliphatic heterocycles. The van der Waals surface area contributed by atoms with Crippen molar-refractivity contribution in [1.29, 1.82) is 0 Å². The maximum Gasteiger partial charge on any atom is 0.253 e. The average molecular weight is 359 g/mol. The van der Waals surface area contributed by atoms with E-state index >= 15 is 0 Å². The summed E-state index contributed by atoms with van der Waals surface area (Å²) >= 11 is 0. The predicted molar refractivity (Wildman–Crippen MR) is 96.2 cm³/mol. The van der Waals surface area contributed by atoms with Crippen molar-refractivity contribution in [2.24, 2.45) is 5.92 Å². The number of benzene rings is 2. The van der Waals surface area contributed by atoms with E-state index in [4.69, 9.17) is 0 Å². The van der Waals surface area contributed by atoms with Gasteiger partial charge >= 0.3 is 0 Å². The highest BCUT2D eigenvalue weighted by molar-refractivity contribution is 5.94. The number of likely N-dealkylation sites (tertiary alicyclic amines) is 1. The third-order valence-electron chi connectivity index (χ3n) is 5.09. The largest absolute Gasteiger partial charge is 0.508 e. The molecule has 1 saturated heterocycles. The number of aromatic hydroxyl groups is 1. The minimum absolute atomic E-state index is 0.0363. The van der Waals surface area contributed by atoms with Gasteiger partial charge in [0.2, 0.25) is 0 Å². The summed E-state index contributed by atoms with van der Waals surface area (Å²) in [6, 6.07) is 8.58. The third kappa shape index (κ3) is 4.21. The summed E-state index contributed by atoms with van der Waals surface area (Å²) in [6.45, 7) is 3.12. The van der Waals surface area contributed by atoms with Gasteiger partial charge in [-0.05, 0) is 73.9 Å². The van der Waals surface area contributed by atoms with Gasteiger partial charge in [-0.2, -0.15) is 0 Å². The number of halogens is 2. The van der Waals surface area contributed by atoms with E-state index < -0.39 is 11.6 Å². The Morgan fingerprint density at radius 3 is 2.77 bits per heavy atom. The van der Waals surface area contributed by atoms with Gasteiger partial charge in [0.25, 0.3) is 5.91 Å². The summed E-state index contributed by atoms with van der Waals surface area (Å²) in [6.07, 6.45) is 3.22. The Hall–Kier alpha value is -2.43. The van der Waals surface area contributed by atoms with Gasteiger partial charge in [-0.3, -0.25) is 4.79 Å². The molecule has 0 unspecified atom stereocenters. The van der Waals surface area contributed by atoms with E-state index in [0.717, 1.165) is 25.3 Å². The first-order chi connectivity index (χ1) is 12.4. The van der Waals surface area contributed by atoms with Crippen LogP contribution >= 0.6 is 0 Å². The summed E-state index contributed by atoms with van der Waals surface area (Å²) in [4.78, 5) is 14.6. The van der Waals surface area contributed by atoms with Gasteiger partial charge in [-0.15, -0.1) is 0 Å². The first-order valence-electron chi connectivity index (χ1n) is 8.97. The topological polar surface area (TPSA) is 40.5 Å². The van der Waals surface area contributed by atoms with Crippen molar-refractivity contribution < 1.29 is 18.7 Å². The number of phenolic OH excluding ortho intramolecular Hbond substituents is 1. The van der Waals surface area contributed by atoms with E-state index in [1.807, 2.05) is 4.90 Å². The molecule has 0 aromatic heterocycles. The maximum atomic E-state index is 13.8. The van der Waals surface area contributed by atoms with Crippen LogP contribution in [0.3, 0.4) is 0 Å². The Balaban J connectivity index is 1.61. The highest BCUT2D eigenvalue weighted by Gasteiger charge is 2.25. The molecular formula is C21H23F2NO2. The smallest absolute Gasteiger partial charge is 0.253 e. The number of carbonyl (C=O) groups excluding carboxylic acids is 1. The molecule has 1 fully saturated rings. The molecule has 0 saturated carbocycles. The summed E-state index contributed by atoms with van der Waals surface area (Å²) in [5.41, 5.74) is 1.77. The molecule has 3 rings (SSSR count). The van der Waals surface area contributed by atoms with Gasteiger partial charge in [0, 0.05) is 24.7 Å². The SMILES string of the molecule is Cc1cc(C(=O)N2CCC[C@H](CCc3ccc(F)cc3F)C2)ccc1O. The average Bonchev–Trinajstić information content (AvgIpc) is 2.63. The second-order valence-electron chi connectivity index (χ2n) is 7.04. The first kappa shape index (κ1) is 18.4. The van der Waals surface area contributed by atoms with Crippen LogP contribution in [0.5, 0.6) is 5.75 Å². The van der Waals surface area contributed by atoms with Crippen molar-refractivity contribution in [3.63, 3.8) is 0 Å². The number of hydrogen-bond donors (Lipinski definition) is 1. The molecule has 0 radical (unpaired) electrons. The van der Waals surface area contributed by atoms with Crippen LogP contribution in [0.2, 0.25) is 0 Å². The Bertz CT molecular complexity index is 807. The fourth-order valence-electron chi connectivity index (χ4n) is 3.54. The van der Waals surface area contributed by atoms with Gasteiger partial charge in [0.1, 0.15) is 17.4 Å². The molecule has 2 aromatic carbocycles. The van der Waals surface area contributed by atoms with Crippen LogP contribution in [-0.2, 0) is 6.42 Å². The van der Waals surface area contributed by atoms with Crippen LogP contribution in [0.4, 0.5) is 8.78 Å². The summed E-state index contributed by atoms with van der Waals surface area (Å²) in [5.74, 6) is -0.626. The molecule has 1 amide bonds. The van der Waals surface area contributed by atoms with E-state index in [-0.39, 0.29) is 11.7 Å². The number of phenols is 1. The zero-order chi connectivity index (χ0) is 18.7. The lowest BCUT2D eigenvalue weighted by atomic mass is 9.91. The highest BCUT2D eigenvalue weighted by Crippen LogP contribution is 2.25. The lowest BCUT2D eigenvalue weighted by molar-refractivity contribution is 0.0668. The normalized spacial score (nSPS) is 17.3. The van der Waals surface area contributed by atoms with E-state index in [2.05, 4.69) is 0 Å². The molecular weight excluding hydrogens is 336 g/mol. The number of piperidine rings is 1. The molecule has 5 heteroatoms. The number of aryl methyl sites for hydroxylation is 2. The summed E-state index contributed by atoms with van der Waals surface area (Å²) < 4.78 is 26.8. The summed E-state index contributed by atoms with van der Waals surface area (Å²) in [7, 11) is 0. The molecule has 138 valence electrons. The molecule has 1 N–H and O–H groups in total. The molecule has 1 aliphatic rings. The van der Waals surface area contributed by atoms with E-state index in [1.54, 1.807) is 25.1 Å². The first-order valence-corrected chi connectivity index (χ1v) is 8.97. The van der Waals surface area contributed by atoms with Crippen LogP contribution < -0.4 is 0 Å². The van der Waals surface area contributed by atoms with Crippen molar-refractivity contribution in [2.75, 3.05) is 13.1 Å². The number of carbonyl (C=O) groups is 1. The molecule has 1 atom stereocenters. The van der Waals surface area contributed by atoms with Crippen LogP contribution in [0, 0.1) is 24.5 Å². The predicted octanol–water partition coefficient (Wildman–Crippen LogP) is 4.46. The van der Waals surface area contributed by atoms with Crippen molar-refractivity contribution in [1.82, 2.24) is 4.90 Å². The zero-order valence-electron chi connectivity index (χ0n) is 14.8. The van der Waals surface area contributed by atoms with Crippen LogP contribution in [0.25, 0.3) is 0 Å². The van der Waals surface area contributed by atoms with E-state index in [1.165, 1.54) is 12.1 Å². The van der Waals surface area contributed by atoms with Gasteiger partial charge in [-0.25, -0.2) is 8.78 Å². The molecule has 0 aliphatic carbocycles. The van der Waals surface area contributed by atoms with Crippen LogP contribution in [0.1, 0.15) is 40.7 Å². The van der Waals surface area contributed by atoms with Crippen molar-refractivity contribution in [3.8, 4) is 5.75 Å². The number of amides is 1. The number of rotatable bonds is 4. The lowest BCUT2D eigenvalue weighted by Crippen LogP contribution is -2.40. The van der Waals surface area contributed by atoms with Crippen molar-refractivity contribution in [3.05, 3.63) is 64.7 Å². The Labute approximate surface area is 152 Å². The monoisotopic (exact) mass is 359 g/mol. The minimum atomic E-state index is -0.565. The number of nitrogens with zero attached hydrogens (tertiary/aromatic N) is 1. The fraction of sp³-hybridized carbons (Fsp3) is 0.381. The standard InChI is InChI=1S/C21H23F2NO2/c1-14-11-17(7-9-20(14)25)21(26)24-10-2-3-15(13-24)4-5-16-6-8-18(22)12-19(16)23/h6-9,11-12,15,25H,2-5,10,13H2,1H3/t15-/m1/s1. The Kier molecular flexibility index (Phi) is 5.55. The second-order valence-corrected chi connectivity index (χ2v) is 7.04. The zero-order valence-corrected chi connectivity index (χ0v) is 14.8. The maximum absolute atomic E-state index is 13.8. The van der Waals surface area contributed by atoms with Crippen LogP contribution in [-0.4, -0.2) is 29.0 Å². The molecule has 26 heavy (non-hydrogen) atoms. The van der Waals surface area contributed by atoms with Crippen LogP contribution in [0.15, 0.2) is 36.4 Å². The molecule has 3 nitrogen and oxygen atoms in total. The molecule has 0 spiro atoms. The molecule has 0 bridgehead atoms. The van der Waals surface area contributed by atoms with Crippen molar-refractivity contribution in [2.45, 2.75) is 32.6 Å². The highest BCUT2D eigenvalue weighted by atomic mass is 19.1. The van der Waals surface area contributed by atoms with Gasteiger partial charge in [0.05, 0.1) is 0 Å². The minimum Gasteiger partial charge on any atom is -0.508 e. The van der Waals surface area contributed by atoms with Gasteiger partial charge < -0.3 is 10.0 Å².